The lowest BCUT2D eigenvalue weighted by molar-refractivity contribution is 0.0700. The Hall–Kier alpha value is -2.39. The van der Waals surface area contributed by atoms with Gasteiger partial charge in [0.2, 0.25) is 5.82 Å². The molecule has 3 aromatic rings. The van der Waals surface area contributed by atoms with Crippen LogP contribution in [0.1, 0.15) is 64.0 Å². The number of thiophene rings is 1. The number of hydrogen-bond donors (Lipinski definition) is 2. The van der Waals surface area contributed by atoms with Crippen molar-refractivity contribution in [3.8, 4) is 0 Å². The van der Waals surface area contributed by atoms with Gasteiger partial charge in [0.15, 0.2) is 0 Å². The molecule has 3 aliphatic rings. The van der Waals surface area contributed by atoms with Gasteiger partial charge in [-0.25, -0.2) is 4.98 Å². The summed E-state index contributed by atoms with van der Waals surface area (Å²) >= 11 is 3.44. The molecular formula is C22H23N5O2S2. The number of H-pyrrole nitrogens is 2. The fourth-order valence-electron chi connectivity index (χ4n) is 4.91. The normalized spacial score (nSPS) is 19.2. The van der Waals surface area contributed by atoms with Gasteiger partial charge in [-0.3, -0.25) is 14.7 Å². The summed E-state index contributed by atoms with van der Waals surface area (Å²) in [5, 5.41) is 8.41. The lowest BCUT2D eigenvalue weighted by atomic mass is 9.93. The molecule has 2 N–H and O–H groups in total. The Morgan fingerprint density at radius 1 is 1.23 bits per heavy atom. The summed E-state index contributed by atoms with van der Waals surface area (Å²) in [4.78, 5) is 38.1. The number of fused-ring (bicyclic) bond motifs is 3. The molecule has 1 fully saturated rings. The number of aryl methyl sites for hydroxylation is 2. The van der Waals surface area contributed by atoms with E-state index in [2.05, 4.69) is 32.3 Å². The number of hydrogen-bond acceptors (Lipinski definition) is 6. The molecular weight excluding hydrogens is 430 g/mol. The van der Waals surface area contributed by atoms with Gasteiger partial charge < -0.3 is 9.88 Å². The van der Waals surface area contributed by atoms with Gasteiger partial charge >= 0.3 is 0 Å². The second-order valence-corrected chi connectivity index (χ2v) is 10.7. The largest absolute Gasteiger partial charge is 0.336 e. The zero-order valence-corrected chi connectivity index (χ0v) is 18.7. The highest BCUT2D eigenvalue weighted by atomic mass is 32.2. The fraction of sp³-hybridized carbons (Fsp3) is 0.455. The van der Waals surface area contributed by atoms with Crippen LogP contribution in [0, 0.1) is 0 Å². The summed E-state index contributed by atoms with van der Waals surface area (Å²) in [7, 11) is 0. The van der Waals surface area contributed by atoms with Crippen LogP contribution >= 0.6 is 23.1 Å². The number of aromatic amines is 2. The summed E-state index contributed by atoms with van der Waals surface area (Å²) in [6, 6.07) is 2.16. The van der Waals surface area contributed by atoms with Gasteiger partial charge in [-0.15, -0.1) is 23.1 Å². The quantitative estimate of drug-likeness (QED) is 0.631. The van der Waals surface area contributed by atoms with Crippen LogP contribution in [0.5, 0.6) is 0 Å². The second kappa shape index (κ2) is 7.63. The maximum atomic E-state index is 13.1. The van der Waals surface area contributed by atoms with E-state index in [1.54, 1.807) is 11.3 Å². The smallest absolute Gasteiger partial charge is 0.289 e. The lowest BCUT2D eigenvalue weighted by Gasteiger charge is -2.30. The Balaban J connectivity index is 1.17. The summed E-state index contributed by atoms with van der Waals surface area (Å²) in [5.41, 5.74) is 3.15. The molecule has 0 saturated carbocycles. The molecule has 6 rings (SSSR count). The molecule has 1 saturated heterocycles. The average molecular weight is 454 g/mol. The SMILES string of the molecule is O=C(c1nc2sc3c(c2c(=O)[nH]1)CCC3)N1CCC(c2cc(C3=CCCS3)[nH]n2)CC1. The molecule has 1 aliphatic carbocycles. The maximum absolute atomic E-state index is 13.1. The topological polar surface area (TPSA) is 94.7 Å². The number of thioether (sulfide) groups is 1. The van der Waals surface area contributed by atoms with Crippen molar-refractivity contribution in [2.75, 3.05) is 18.8 Å². The molecule has 0 aromatic carbocycles. The first-order valence-electron chi connectivity index (χ1n) is 10.9. The minimum absolute atomic E-state index is 0.170. The molecule has 160 valence electrons. The highest BCUT2D eigenvalue weighted by molar-refractivity contribution is 8.08. The third-order valence-corrected chi connectivity index (χ3v) is 8.87. The molecule has 0 radical (unpaired) electrons. The van der Waals surface area contributed by atoms with Crippen LogP contribution in [0.25, 0.3) is 15.1 Å². The van der Waals surface area contributed by atoms with Crippen LogP contribution in [0.3, 0.4) is 0 Å². The molecule has 0 spiro atoms. The monoisotopic (exact) mass is 453 g/mol. The number of carbonyl (C=O) groups is 1. The van der Waals surface area contributed by atoms with Gasteiger partial charge in [0.25, 0.3) is 11.5 Å². The minimum atomic E-state index is -0.179. The van der Waals surface area contributed by atoms with Crippen molar-refractivity contribution in [3.05, 3.63) is 50.1 Å². The number of piperidine rings is 1. The van der Waals surface area contributed by atoms with Gasteiger partial charge in [0.1, 0.15) is 4.83 Å². The van der Waals surface area contributed by atoms with Crippen molar-refractivity contribution in [3.63, 3.8) is 0 Å². The second-order valence-electron chi connectivity index (χ2n) is 8.43. The van der Waals surface area contributed by atoms with E-state index in [4.69, 9.17) is 0 Å². The first-order valence-corrected chi connectivity index (χ1v) is 12.7. The van der Waals surface area contributed by atoms with Crippen molar-refractivity contribution in [2.24, 2.45) is 0 Å². The highest BCUT2D eigenvalue weighted by Crippen LogP contribution is 2.36. The molecule has 3 aromatic heterocycles. The van der Waals surface area contributed by atoms with E-state index in [9.17, 15) is 9.59 Å². The van der Waals surface area contributed by atoms with Gasteiger partial charge in [-0.05, 0) is 50.2 Å². The van der Waals surface area contributed by atoms with Crippen molar-refractivity contribution in [1.82, 2.24) is 25.1 Å². The van der Waals surface area contributed by atoms with E-state index >= 15 is 0 Å². The van der Waals surface area contributed by atoms with E-state index in [1.165, 1.54) is 9.78 Å². The summed E-state index contributed by atoms with van der Waals surface area (Å²) in [5.74, 6) is 1.47. The standard InChI is InChI=1S/C22H23N5O2S2/c28-20-18-13-3-1-4-16(13)31-21(18)24-19(23-20)22(29)27-8-6-12(7-9-27)14-11-15(26-25-14)17-5-2-10-30-17/h5,11-12H,1-4,6-10H2,(H,25,26)(H,23,24,28). The van der Waals surface area contributed by atoms with Crippen LogP contribution in [0.2, 0.25) is 0 Å². The number of aromatic nitrogens is 4. The van der Waals surface area contributed by atoms with Crippen LogP contribution in [-0.4, -0.2) is 49.8 Å². The van der Waals surface area contributed by atoms with Crippen molar-refractivity contribution in [1.29, 1.82) is 0 Å². The Kier molecular flexibility index (Phi) is 4.75. The molecule has 7 nitrogen and oxygen atoms in total. The predicted octanol–water partition coefficient (Wildman–Crippen LogP) is 3.69. The molecule has 0 unspecified atom stereocenters. The van der Waals surface area contributed by atoms with E-state index in [1.807, 2.05) is 16.7 Å². The van der Waals surface area contributed by atoms with E-state index in [-0.39, 0.29) is 17.3 Å². The number of allylic oxidation sites excluding steroid dienone is 1. The number of carbonyl (C=O) groups excluding carboxylic acids is 1. The number of likely N-dealkylation sites (tertiary alicyclic amines) is 1. The van der Waals surface area contributed by atoms with Crippen molar-refractivity contribution in [2.45, 2.75) is 44.4 Å². The van der Waals surface area contributed by atoms with Crippen molar-refractivity contribution >= 4 is 44.1 Å². The van der Waals surface area contributed by atoms with Crippen LogP contribution in [0.15, 0.2) is 16.9 Å². The molecule has 5 heterocycles. The van der Waals surface area contributed by atoms with Gasteiger partial charge in [0.05, 0.1) is 16.8 Å². The molecule has 1 amide bonds. The number of rotatable bonds is 3. The third-order valence-electron chi connectivity index (χ3n) is 6.55. The number of amides is 1. The first-order chi connectivity index (χ1) is 15.2. The van der Waals surface area contributed by atoms with Crippen LogP contribution in [-0.2, 0) is 12.8 Å². The Bertz CT molecular complexity index is 1260. The Morgan fingerprint density at radius 2 is 2.10 bits per heavy atom. The Labute approximate surface area is 187 Å². The maximum Gasteiger partial charge on any atom is 0.289 e. The third kappa shape index (κ3) is 3.34. The molecule has 31 heavy (non-hydrogen) atoms. The van der Waals surface area contributed by atoms with Crippen LogP contribution in [0.4, 0.5) is 0 Å². The van der Waals surface area contributed by atoms with Crippen LogP contribution < -0.4 is 5.56 Å². The average Bonchev–Trinajstić information content (AvgIpc) is 3.57. The molecule has 2 aliphatic heterocycles. The van der Waals surface area contributed by atoms with E-state index in [0.29, 0.717) is 29.2 Å². The predicted molar refractivity (Wildman–Crippen MR) is 124 cm³/mol. The summed E-state index contributed by atoms with van der Waals surface area (Å²) in [6.45, 7) is 1.29. The molecule has 9 heteroatoms. The van der Waals surface area contributed by atoms with Crippen molar-refractivity contribution < 1.29 is 4.79 Å². The summed E-state index contributed by atoms with van der Waals surface area (Å²) < 4.78 is 0. The zero-order chi connectivity index (χ0) is 20.9. The zero-order valence-electron chi connectivity index (χ0n) is 17.1. The minimum Gasteiger partial charge on any atom is -0.336 e. The fourth-order valence-corrected chi connectivity index (χ4v) is 7.12. The Morgan fingerprint density at radius 3 is 2.90 bits per heavy atom. The van der Waals surface area contributed by atoms with Gasteiger partial charge in [-0.1, -0.05) is 6.08 Å². The first kappa shape index (κ1) is 19.3. The molecule has 0 bridgehead atoms. The highest BCUT2D eigenvalue weighted by Gasteiger charge is 2.29. The van der Waals surface area contributed by atoms with E-state index < -0.39 is 0 Å². The lowest BCUT2D eigenvalue weighted by Crippen LogP contribution is -2.39. The van der Waals surface area contributed by atoms with Gasteiger partial charge in [-0.2, -0.15) is 5.10 Å². The van der Waals surface area contributed by atoms with E-state index in [0.717, 1.165) is 61.2 Å². The van der Waals surface area contributed by atoms with Gasteiger partial charge in [0, 0.05) is 34.5 Å². The molecule has 0 atom stereocenters. The number of nitrogens with one attached hydrogen (secondary N) is 2. The number of nitrogens with zero attached hydrogens (tertiary/aromatic N) is 3. The summed E-state index contributed by atoms with van der Waals surface area (Å²) in [6.07, 6.45) is 8.15.